The Kier molecular flexibility index (Phi) is 4.23. The van der Waals surface area contributed by atoms with Gasteiger partial charge >= 0.3 is 12.1 Å². The van der Waals surface area contributed by atoms with Gasteiger partial charge in [0.25, 0.3) is 0 Å². The van der Waals surface area contributed by atoms with Crippen LogP contribution < -0.4 is 0 Å². The molecule has 18 heavy (non-hydrogen) atoms. The molecule has 1 aliphatic heterocycles. The largest absolute Gasteiger partial charge is 0.480 e. The van der Waals surface area contributed by atoms with Crippen LogP contribution in [-0.2, 0) is 9.53 Å². The van der Waals surface area contributed by atoms with Gasteiger partial charge in [-0.15, -0.1) is 12.3 Å². The first kappa shape index (κ1) is 14.4. The lowest BCUT2D eigenvalue weighted by Gasteiger charge is -2.26. The molecule has 0 aromatic heterocycles. The van der Waals surface area contributed by atoms with E-state index in [0.717, 1.165) is 0 Å². The number of hydrogen-bond donors (Lipinski definition) is 1. The number of nitrogens with zero attached hydrogens (tertiary/aromatic N) is 1. The van der Waals surface area contributed by atoms with E-state index in [1.807, 2.05) is 0 Å². The summed E-state index contributed by atoms with van der Waals surface area (Å²) in [6.45, 7) is 5.58. The molecule has 5 nitrogen and oxygen atoms in total. The van der Waals surface area contributed by atoms with Gasteiger partial charge in [0, 0.05) is 13.0 Å². The zero-order valence-electron chi connectivity index (χ0n) is 11.0. The van der Waals surface area contributed by atoms with E-state index >= 15 is 0 Å². The number of likely N-dealkylation sites (tertiary alicyclic amines) is 1. The maximum absolute atomic E-state index is 11.9. The fourth-order valence-electron chi connectivity index (χ4n) is 1.99. The van der Waals surface area contributed by atoms with Crippen molar-refractivity contribution in [2.45, 2.75) is 45.3 Å². The van der Waals surface area contributed by atoms with Crippen LogP contribution >= 0.6 is 0 Å². The molecule has 1 heterocycles. The SMILES string of the molecule is C#CC[C@@H]1C[C@@H](C(=O)O)N(C(=O)OC(C)(C)C)C1. The monoisotopic (exact) mass is 253 g/mol. The highest BCUT2D eigenvalue weighted by Crippen LogP contribution is 2.27. The number of carboxylic acids is 1. The lowest BCUT2D eigenvalue weighted by atomic mass is 10.0. The molecule has 0 aromatic rings. The van der Waals surface area contributed by atoms with E-state index in [1.165, 1.54) is 4.90 Å². The quantitative estimate of drug-likeness (QED) is 0.761. The molecule has 100 valence electrons. The maximum atomic E-state index is 11.9. The zero-order chi connectivity index (χ0) is 13.9. The van der Waals surface area contributed by atoms with Crippen LogP contribution in [0.2, 0.25) is 0 Å². The number of ether oxygens (including phenoxy) is 1. The van der Waals surface area contributed by atoms with Gasteiger partial charge in [-0.05, 0) is 33.1 Å². The van der Waals surface area contributed by atoms with Crippen molar-refractivity contribution in [3.63, 3.8) is 0 Å². The first-order valence-corrected chi connectivity index (χ1v) is 5.90. The number of carboxylic acid groups (broad SMARTS) is 1. The molecule has 1 rings (SSSR count). The van der Waals surface area contributed by atoms with Crippen molar-refractivity contribution >= 4 is 12.1 Å². The smallest absolute Gasteiger partial charge is 0.411 e. The van der Waals surface area contributed by atoms with Gasteiger partial charge in [0.15, 0.2) is 0 Å². The van der Waals surface area contributed by atoms with Gasteiger partial charge < -0.3 is 9.84 Å². The van der Waals surface area contributed by atoms with Crippen LogP contribution in [0.25, 0.3) is 0 Å². The van der Waals surface area contributed by atoms with Crippen LogP contribution in [0.15, 0.2) is 0 Å². The standard InChI is InChI=1S/C13H19NO4/c1-5-6-9-7-10(11(15)16)14(8-9)12(17)18-13(2,3)4/h1,9-10H,6-8H2,2-4H3,(H,15,16)/t9-,10+/m1/s1. The molecule has 0 saturated carbocycles. The molecule has 1 amide bonds. The fraction of sp³-hybridized carbons (Fsp3) is 0.692. The Balaban J connectivity index is 2.76. The molecule has 0 unspecified atom stereocenters. The Morgan fingerprint density at radius 1 is 1.50 bits per heavy atom. The Morgan fingerprint density at radius 3 is 2.56 bits per heavy atom. The van der Waals surface area contributed by atoms with Crippen LogP contribution in [0.4, 0.5) is 4.79 Å². The molecule has 0 radical (unpaired) electrons. The van der Waals surface area contributed by atoms with Crippen molar-refractivity contribution in [1.82, 2.24) is 4.90 Å². The van der Waals surface area contributed by atoms with Gasteiger partial charge in [-0.3, -0.25) is 4.90 Å². The van der Waals surface area contributed by atoms with Crippen molar-refractivity contribution in [3.05, 3.63) is 0 Å². The molecular formula is C13H19NO4. The summed E-state index contributed by atoms with van der Waals surface area (Å²) < 4.78 is 5.20. The number of carbonyl (C=O) groups is 2. The van der Waals surface area contributed by atoms with Crippen molar-refractivity contribution in [1.29, 1.82) is 0 Å². The summed E-state index contributed by atoms with van der Waals surface area (Å²) >= 11 is 0. The molecule has 5 heteroatoms. The molecule has 2 atom stereocenters. The van der Waals surface area contributed by atoms with E-state index in [-0.39, 0.29) is 5.92 Å². The normalized spacial score (nSPS) is 23.6. The van der Waals surface area contributed by atoms with Gasteiger partial charge in [0.05, 0.1) is 0 Å². The van der Waals surface area contributed by atoms with E-state index in [1.54, 1.807) is 20.8 Å². The lowest BCUT2D eigenvalue weighted by molar-refractivity contribution is -0.142. The van der Waals surface area contributed by atoms with E-state index in [0.29, 0.717) is 19.4 Å². The highest BCUT2D eigenvalue weighted by Gasteiger charge is 2.41. The second-order valence-corrected chi connectivity index (χ2v) is 5.50. The van der Waals surface area contributed by atoms with Gasteiger partial charge in [0.1, 0.15) is 11.6 Å². The third-order valence-corrected chi connectivity index (χ3v) is 2.71. The summed E-state index contributed by atoms with van der Waals surface area (Å²) in [7, 11) is 0. The third kappa shape index (κ3) is 3.66. The van der Waals surface area contributed by atoms with E-state index in [2.05, 4.69) is 5.92 Å². The predicted octanol–water partition coefficient (Wildman–Crippen LogP) is 1.72. The van der Waals surface area contributed by atoms with Crippen LogP contribution in [0.1, 0.15) is 33.6 Å². The molecule has 0 spiro atoms. The minimum atomic E-state index is -1.01. The Hall–Kier alpha value is -1.70. The topological polar surface area (TPSA) is 66.8 Å². The van der Waals surface area contributed by atoms with Crippen molar-refractivity contribution in [2.75, 3.05) is 6.54 Å². The van der Waals surface area contributed by atoms with Gasteiger partial charge in [-0.1, -0.05) is 0 Å². The summed E-state index contributed by atoms with van der Waals surface area (Å²) in [6, 6.07) is -0.835. The Bertz CT molecular complexity index is 377. The second kappa shape index (κ2) is 5.30. The lowest BCUT2D eigenvalue weighted by Crippen LogP contribution is -2.43. The number of hydrogen-bond acceptors (Lipinski definition) is 3. The molecule has 1 fully saturated rings. The first-order valence-electron chi connectivity index (χ1n) is 5.90. The zero-order valence-corrected chi connectivity index (χ0v) is 11.0. The first-order chi connectivity index (χ1) is 8.24. The fourth-order valence-corrected chi connectivity index (χ4v) is 1.99. The second-order valence-electron chi connectivity index (χ2n) is 5.50. The molecular weight excluding hydrogens is 234 g/mol. The number of aliphatic carboxylic acids is 1. The summed E-state index contributed by atoms with van der Waals surface area (Å²) in [5.74, 6) is 1.52. The molecule has 0 aliphatic carbocycles. The minimum Gasteiger partial charge on any atom is -0.480 e. The van der Waals surface area contributed by atoms with Crippen molar-refractivity contribution in [2.24, 2.45) is 5.92 Å². The average molecular weight is 253 g/mol. The van der Waals surface area contributed by atoms with Crippen molar-refractivity contribution in [3.8, 4) is 12.3 Å². The molecule has 1 aliphatic rings. The molecule has 1 N–H and O–H groups in total. The Morgan fingerprint density at radius 2 is 2.11 bits per heavy atom. The van der Waals surface area contributed by atoms with Gasteiger partial charge in [-0.2, -0.15) is 0 Å². The van der Waals surface area contributed by atoms with Crippen LogP contribution in [-0.4, -0.2) is 40.3 Å². The molecule has 1 saturated heterocycles. The van der Waals surface area contributed by atoms with Crippen molar-refractivity contribution < 1.29 is 19.4 Å². The average Bonchev–Trinajstić information content (AvgIpc) is 2.59. The molecule has 0 bridgehead atoms. The number of rotatable bonds is 2. The van der Waals surface area contributed by atoms with Gasteiger partial charge in [0.2, 0.25) is 0 Å². The third-order valence-electron chi connectivity index (χ3n) is 2.71. The number of carbonyl (C=O) groups excluding carboxylic acids is 1. The predicted molar refractivity (Wildman–Crippen MR) is 65.9 cm³/mol. The Labute approximate surface area is 107 Å². The van der Waals surface area contributed by atoms with Crippen LogP contribution in [0, 0.1) is 18.3 Å². The van der Waals surface area contributed by atoms with Crippen LogP contribution in [0.5, 0.6) is 0 Å². The summed E-state index contributed by atoms with van der Waals surface area (Å²) in [5, 5.41) is 9.12. The summed E-state index contributed by atoms with van der Waals surface area (Å²) in [5.41, 5.74) is -0.635. The minimum absolute atomic E-state index is 0.0311. The highest BCUT2D eigenvalue weighted by molar-refractivity contribution is 5.81. The summed E-state index contributed by atoms with van der Waals surface area (Å²) in [4.78, 5) is 24.3. The van der Waals surface area contributed by atoms with Crippen LogP contribution in [0.3, 0.4) is 0 Å². The summed E-state index contributed by atoms with van der Waals surface area (Å²) in [6.07, 6.45) is 5.50. The van der Waals surface area contributed by atoms with Gasteiger partial charge in [-0.25, -0.2) is 9.59 Å². The number of amides is 1. The maximum Gasteiger partial charge on any atom is 0.411 e. The van der Waals surface area contributed by atoms with E-state index in [4.69, 9.17) is 16.3 Å². The van der Waals surface area contributed by atoms with E-state index in [9.17, 15) is 9.59 Å². The number of terminal acetylenes is 1. The molecule has 0 aromatic carbocycles. The van der Waals surface area contributed by atoms with E-state index < -0.39 is 23.7 Å². The highest BCUT2D eigenvalue weighted by atomic mass is 16.6.